The summed E-state index contributed by atoms with van der Waals surface area (Å²) >= 11 is 0. The van der Waals surface area contributed by atoms with Crippen molar-refractivity contribution in [1.82, 2.24) is 20.2 Å². The number of para-hydroxylation sites is 2. The molecule has 5 nitrogen and oxygen atoms in total. The Labute approximate surface area is 118 Å². The Bertz CT molecular complexity index is 622. The van der Waals surface area contributed by atoms with E-state index in [0.717, 1.165) is 24.0 Å². The van der Waals surface area contributed by atoms with E-state index in [-0.39, 0.29) is 5.91 Å². The summed E-state index contributed by atoms with van der Waals surface area (Å²) in [4.78, 5) is 22.8. The molecule has 5 heteroatoms. The van der Waals surface area contributed by atoms with Crippen LogP contribution in [0.2, 0.25) is 0 Å². The largest absolute Gasteiger partial charge is 0.339 e. The molecule has 2 heterocycles. The first-order chi connectivity index (χ1) is 9.74. The van der Waals surface area contributed by atoms with E-state index in [0.29, 0.717) is 18.3 Å². The maximum absolute atomic E-state index is 12.4. The molecule has 1 N–H and O–H groups in total. The van der Waals surface area contributed by atoms with Gasteiger partial charge in [0.05, 0.1) is 17.2 Å². The van der Waals surface area contributed by atoms with Crippen LogP contribution in [0.1, 0.15) is 23.3 Å². The molecule has 1 unspecified atom stereocenters. The van der Waals surface area contributed by atoms with Crippen molar-refractivity contribution in [1.29, 1.82) is 0 Å². The van der Waals surface area contributed by atoms with Gasteiger partial charge in [-0.05, 0) is 31.5 Å². The Kier molecular flexibility index (Phi) is 3.60. The number of aromatic nitrogens is 2. The number of rotatable bonds is 3. The highest BCUT2D eigenvalue weighted by Crippen LogP contribution is 2.11. The van der Waals surface area contributed by atoms with Gasteiger partial charge < -0.3 is 10.2 Å². The van der Waals surface area contributed by atoms with Crippen LogP contribution in [0.15, 0.2) is 30.5 Å². The van der Waals surface area contributed by atoms with Crippen molar-refractivity contribution in [3.63, 3.8) is 0 Å². The van der Waals surface area contributed by atoms with Crippen molar-refractivity contribution >= 4 is 16.9 Å². The highest BCUT2D eigenvalue weighted by molar-refractivity contribution is 5.93. The summed E-state index contributed by atoms with van der Waals surface area (Å²) < 4.78 is 0. The van der Waals surface area contributed by atoms with Crippen LogP contribution < -0.4 is 5.32 Å². The minimum Gasteiger partial charge on any atom is -0.339 e. The van der Waals surface area contributed by atoms with Gasteiger partial charge in [-0.25, -0.2) is 4.98 Å². The number of fused-ring (bicyclic) bond motifs is 1. The third kappa shape index (κ3) is 2.63. The highest BCUT2D eigenvalue weighted by Gasteiger charge is 2.20. The Morgan fingerprint density at radius 1 is 1.40 bits per heavy atom. The van der Waals surface area contributed by atoms with Crippen LogP contribution in [0.4, 0.5) is 0 Å². The molecule has 1 atom stereocenters. The molecule has 0 aliphatic carbocycles. The number of likely N-dealkylation sites (N-methyl/N-ethyl adjacent to an activating group) is 1. The second-order valence-corrected chi connectivity index (χ2v) is 5.22. The van der Waals surface area contributed by atoms with Gasteiger partial charge in [-0.1, -0.05) is 12.1 Å². The molecule has 0 radical (unpaired) electrons. The Morgan fingerprint density at radius 3 is 2.95 bits per heavy atom. The zero-order chi connectivity index (χ0) is 13.9. The van der Waals surface area contributed by atoms with Crippen molar-refractivity contribution in [2.24, 2.45) is 0 Å². The number of hydrogen-bond donors (Lipinski definition) is 1. The molecule has 1 aromatic heterocycles. The molecule has 0 spiro atoms. The number of hydrogen-bond acceptors (Lipinski definition) is 4. The highest BCUT2D eigenvalue weighted by atomic mass is 16.2. The number of amides is 1. The normalized spacial score (nSPS) is 18.4. The molecule has 1 aromatic carbocycles. The monoisotopic (exact) mass is 270 g/mol. The lowest BCUT2D eigenvalue weighted by molar-refractivity contribution is 0.0778. The SMILES string of the molecule is CN(CC1CCCN1)C(=O)c1cnc2ccccc2n1. The van der Waals surface area contributed by atoms with Gasteiger partial charge in [-0.3, -0.25) is 9.78 Å². The molecule has 3 rings (SSSR count). The minimum atomic E-state index is -0.0723. The molecular weight excluding hydrogens is 252 g/mol. The van der Waals surface area contributed by atoms with Crippen LogP contribution in [0.3, 0.4) is 0 Å². The fourth-order valence-electron chi connectivity index (χ4n) is 2.58. The van der Waals surface area contributed by atoms with Crippen molar-refractivity contribution in [2.45, 2.75) is 18.9 Å². The van der Waals surface area contributed by atoms with Gasteiger partial charge in [0.15, 0.2) is 0 Å². The van der Waals surface area contributed by atoms with Gasteiger partial charge in [-0.2, -0.15) is 0 Å². The average Bonchev–Trinajstić information content (AvgIpc) is 2.99. The summed E-state index contributed by atoms with van der Waals surface area (Å²) in [5.41, 5.74) is 1.97. The Hall–Kier alpha value is -2.01. The Balaban J connectivity index is 1.77. The van der Waals surface area contributed by atoms with Crippen LogP contribution in [0, 0.1) is 0 Å². The van der Waals surface area contributed by atoms with Crippen LogP contribution in [-0.4, -0.2) is 47.0 Å². The zero-order valence-corrected chi connectivity index (χ0v) is 11.5. The Morgan fingerprint density at radius 2 is 2.20 bits per heavy atom. The first kappa shape index (κ1) is 13.0. The lowest BCUT2D eigenvalue weighted by atomic mass is 10.2. The van der Waals surface area contributed by atoms with Crippen LogP contribution in [0.5, 0.6) is 0 Å². The number of benzene rings is 1. The molecule has 2 aromatic rings. The number of nitrogens with zero attached hydrogens (tertiary/aromatic N) is 3. The van der Waals surface area contributed by atoms with Gasteiger partial charge in [0, 0.05) is 19.6 Å². The van der Waals surface area contributed by atoms with Gasteiger partial charge in [0.25, 0.3) is 5.91 Å². The second-order valence-electron chi connectivity index (χ2n) is 5.22. The fraction of sp³-hybridized carbons (Fsp3) is 0.400. The van der Waals surface area contributed by atoms with Crippen molar-refractivity contribution in [3.05, 3.63) is 36.2 Å². The van der Waals surface area contributed by atoms with E-state index in [1.807, 2.05) is 31.3 Å². The molecule has 1 fully saturated rings. The van der Waals surface area contributed by atoms with Crippen molar-refractivity contribution < 1.29 is 4.79 Å². The van der Waals surface area contributed by atoms with Crippen molar-refractivity contribution in [3.8, 4) is 0 Å². The van der Waals surface area contributed by atoms with E-state index in [4.69, 9.17) is 0 Å². The van der Waals surface area contributed by atoms with Crippen LogP contribution in [0.25, 0.3) is 11.0 Å². The first-order valence-electron chi connectivity index (χ1n) is 6.94. The smallest absolute Gasteiger partial charge is 0.273 e. The molecular formula is C15H18N4O. The summed E-state index contributed by atoms with van der Waals surface area (Å²) in [5, 5.41) is 3.39. The molecule has 1 aliphatic heterocycles. The minimum absolute atomic E-state index is 0.0723. The third-order valence-electron chi connectivity index (χ3n) is 3.67. The quantitative estimate of drug-likeness (QED) is 0.917. The molecule has 104 valence electrons. The molecule has 0 bridgehead atoms. The molecule has 0 saturated carbocycles. The van der Waals surface area contributed by atoms with E-state index in [1.165, 1.54) is 6.42 Å². The first-order valence-corrected chi connectivity index (χ1v) is 6.94. The summed E-state index contributed by atoms with van der Waals surface area (Å²) in [7, 11) is 1.82. The van der Waals surface area contributed by atoms with Crippen molar-refractivity contribution in [2.75, 3.05) is 20.1 Å². The third-order valence-corrected chi connectivity index (χ3v) is 3.67. The standard InChI is InChI=1S/C15H18N4O/c1-19(10-11-5-4-8-16-11)15(20)14-9-17-12-6-2-3-7-13(12)18-14/h2-3,6-7,9,11,16H,4-5,8,10H2,1H3. The zero-order valence-electron chi connectivity index (χ0n) is 11.5. The number of carbonyl (C=O) groups is 1. The summed E-state index contributed by atoms with van der Waals surface area (Å²) in [6.45, 7) is 1.76. The summed E-state index contributed by atoms with van der Waals surface area (Å²) in [6.07, 6.45) is 3.87. The van der Waals surface area contributed by atoms with Gasteiger partial charge in [0.2, 0.25) is 0 Å². The fourth-order valence-corrected chi connectivity index (χ4v) is 2.58. The molecule has 1 amide bonds. The van der Waals surface area contributed by atoms with Crippen LogP contribution in [-0.2, 0) is 0 Å². The van der Waals surface area contributed by atoms with E-state index >= 15 is 0 Å². The average molecular weight is 270 g/mol. The van der Waals surface area contributed by atoms with E-state index in [9.17, 15) is 4.79 Å². The number of carbonyl (C=O) groups excluding carboxylic acids is 1. The predicted octanol–water partition coefficient (Wildman–Crippen LogP) is 1.45. The summed E-state index contributed by atoms with van der Waals surface area (Å²) in [5.74, 6) is -0.0723. The van der Waals surface area contributed by atoms with Gasteiger partial charge in [0.1, 0.15) is 5.69 Å². The van der Waals surface area contributed by atoms with Crippen LogP contribution >= 0.6 is 0 Å². The maximum Gasteiger partial charge on any atom is 0.273 e. The second kappa shape index (κ2) is 5.54. The summed E-state index contributed by atoms with van der Waals surface area (Å²) in [6, 6.07) is 7.98. The topological polar surface area (TPSA) is 58.1 Å². The van der Waals surface area contributed by atoms with E-state index in [2.05, 4.69) is 15.3 Å². The maximum atomic E-state index is 12.4. The number of nitrogens with one attached hydrogen (secondary N) is 1. The van der Waals surface area contributed by atoms with E-state index < -0.39 is 0 Å². The molecule has 20 heavy (non-hydrogen) atoms. The lowest BCUT2D eigenvalue weighted by Gasteiger charge is -2.20. The van der Waals surface area contributed by atoms with Gasteiger partial charge >= 0.3 is 0 Å². The molecule has 1 saturated heterocycles. The predicted molar refractivity (Wildman–Crippen MR) is 77.5 cm³/mol. The van der Waals surface area contributed by atoms with E-state index in [1.54, 1.807) is 11.1 Å². The van der Waals surface area contributed by atoms with Gasteiger partial charge in [-0.15, -0.1) is 0 Å². The lowest BCUT2D eigenvalue weighted by Crippen LogP contribution is -2.39. The molecule has 1 aliphatic rings.